The molecule has 0 saturated carbocycles. The normalized spacial score (nSPS) is 16.4. The number of benzene rings is 1. The first-order valence-corrected chi connectivity index (χ1v) is 8.62. The zero-order valence-electron chi connectivity index (χ0n) is 15.1. The summed E-state index contributed by atoms with van der Waals surface area (Å²) in [5.74, 6) is 2.54. The summed E-state index contributed by atoms with van der Waals surface area (Å²) < 4.78 is 16.3. The van der Waals surface area contributed by atoms with E-state index in [4.69, 9.17) is 13.9 Å². The average Bonchev–Trinajstić information content (AvgIpc) is 2.97. The Hall–Kier alpha value is -2.27. The van der Waals surface area contributed by atoms with Gasteiger partial charge in [-0.25, -0.2) is 0 Å². The second-order valence-electron chi connectivity index (χ2n) is 6.54. The van der Waals surface area contributed by atoms with Crippen molar-refractivity contribution in [3.05, 3.63) is 53.0 Å². The van der Waals surface area contributed by atoms with Gasteiger partial charge >= 0.3 is 0 Å². The number of nitrogens with one attached hydrogen (secondary N) is 1. The van der Waals surface area contributed by atoms with Gasteiger partial charge in [-0.15, -0.1) is 0 Å². The van der Waals surface area contributed by atoms with Gasteiger partial charge in [0.2, 0.25) is 5.91 Å². The van der Waals surface area contributed by atoms with Crippen LogP contribution in [0.5, 0.6) is 5.75 Å². The Kier molecular flexibility index (Phi) is 5.13. The molecule has 25 heavy (non-hydrogen) atoms. The van der Waals surface area contributed by atoms with Crippen LogP contribution in [0.4, 0.5) is 0 Å². The third kappa shape index (κ3) is 3.56. The number of carbonyl (C=O) groups excluding carboxylic acids is 1. The van der Waals surface area contributed by atoms with E-state index in [-0.39, 0.29) is 5.91 Å². The van der Waals surface area contributed by atoms with Crippen LogP contribution in [-0.2, 0) is 21.5 Å². The highest BCUT2D eigenvalue weighted by Gasteiger charge is 2.41. The van der Waals surface area contributed by atoms with Crippen molar-refractivity contribution < 1.29 is 18.7 Å². The van der Waals surface area contributed by atoms with Crippen LogP contribution < -0.4 is 10.1 Å². The van der Waals surface area contributed by atoms with Gasteiger partial charge in [0.25, 0.3) is 0 Å². The van der Waals surface area contributed by atoms with Crippen LogP contribution in [0.1, 0.15) is 35.5 Å². The SMILES string of the molecule is COc1ccc(C2(C(=O)NCc3cc(C)oc3C)CCOCC2)cc1. The minimum Gasteiger partial charge on any atom is -0.497 e. The monoisotopic (exact) mass is 343 g/mol. The molecular weight excluding hydrogens is 318 g/mol. The molecule has 1 aliphatic heterocycles. The number of ether oxygens (including phenoxy) is 2. The summed E-state index contributed by atoms with van der Waals surface area (Å²) in [6.45, 7) is 5.48. The largest absolute Gasteiger partial charge is 0.497 e. The molecule has 0 unspecified atom stereocenters. The highest BCUT2D eigenvalue weighted by atomic mass is 16.5. The average molecular weight is 343 g/mol. The molecule has 0 bridgehead atoms. The Labute approximate surface area is 148 Å². The molecule has 1 N–H and O–H groups in total. The Morgan fingerprint density at radius 1 is 1.20 bits per heavy atom. The second-order valence-corrected chi connectivity index (χ2v) is 6.54. The topological polar surface area (TPSA) is 60.7 Å². The lowest BCUT2D eigenvalue weighted by Gasteiger charge is -2.36. The van der Waals surface area contributed by atoms with Crippen LogP contribution in [0.3, 0.4) is 0 Å². The zero-order valence-corrected chi connectivity index (χ0v) is 15.1. The minimum absolute atomic E-state index is 0.0409. The van der Waals surface area contributed by atoms with Gasteiger partial charge in [0.05, 0.1) is 12.5 Å². The summed E-state index contributed by atoms with van der Waals surface area (Å²) >= 11 is 0. The number of hydrogen-bond donors (Lipinski definition) is 1. The van der Waals surface area contributed by atoms with Gasteiger partial charge in [-0.1, -0.05) is 12.1 Å². The van der Waals surface area contributed by atoms with E-state index < -0.39 is 5.41 Å². The van der Waals surface area contributed by atoms with Crippen LogP contribution >= 0.6 is 0 Å². The van der Waals surface area contributed by atoms with Crippen molar-refractivity contribution in [1.29, 1.82) is 0 Å². The van der Waals surface area contributed by atoms with Crippen molar-refractivity contribution in [3.8, 4) is 5.75 Å². The first kappa shape index (κ1) is 17.5. The van der Waals surface area contributed by atoms with Crippen molar-refractivity contribution in [2.75, 3.05) is 20.3 Å². The third-order valence-electron chi connectivity index (χ3n) is 5.01. The van der Waals surface area contributed by atoms with Crippen molar-refractivity contribution >= 4 is 5.91 Å². The van der Waals surface area contributed by atoms with E-state index in [1.54, 1.807) is 7.11 Å². The summed E-state index contributed by atoms with van der Waals surface area (Å²) in [6.07, 6.45) is 1.35. The first-order chi connectivity index (χ1) is 12.0. The molecule has 2 heterocycles. The molecule has 1 aliphatic rings. The summed E-state index contributed by atoms with van der Waals surface area (Å²) in [6, 6.07) is 9.75. The number of rotatable bonds is 5. The Bertz CT molecular complexity index is 727. The van der Waals surface area contributed by atoms with Crippen LogP contribution in [0.15, 0.2) is 34.7 Å². The first-order valence-electron chi connectivity index (χ1n) is 8.62. The summed E-state index contributed by atoms with van der Waals surface area (Å²) in [5, 5.41) is 3.11. The number of aryl methyl sites for hydroxylation is 2. The minimum atomic E-state index is -0.558. The van der Waals surface area contributed by atoms with Crippen molar-refractivity contribution in [2.24, 2.45) is 0 Å². The van der Waals surface area contributed by atoms with Crippen molar-refractivity contribution in [1.82, 2.24) is 5.32 Å². The molecule has 5 heteroatoms. The molecule has 0 atom stereocenters. The maximum absolute atomic E-state index is 13.1. The van der Waals surface area contributed by atoms with Gasteiger partial charge < -0.3 is 19.2 Å². The molecule has 0 radical (unpaired) electrons. The van der Waals surface area contributed by atoms with E-state index in [0.717, 1.165) is 28.4 Å². The van der Waals surface area contributed by atoms with Crippen LogP contribution in [0.2, 0.25) is 0 Å². The molecule has 0 spiro atoms. The van der Waals surface area contributed by atoms with E-state index in [0.29, 0.717) is 32.6 Å². The highest BCUT2D eigenvalue weighted by molar-refractivity contribution is 5.88. The number of hydrogen-bond acceptors (Lipinski definition) is 4. The summed E-state index contributed by atoms with van der Waals surface area (Å²) in [7, 11) is 1.64. The highest BCUT2D eigenvalue weighted by Crippen LogP contribution is 2.36. The van der Waals surface area contributed by atoms with Crippen LogP contribution in [0.25, 0.3) is 0 Å². The molecule has 1 fully saturated rings. The Balaban J connectivity index is 1.81. The van der Waals surface area contributed by atoms with E-state index in [2.05, 4.69) is 5.32 Å². The molecule has 1 aromatic carbocycles. The molecule has 2 aromatic rings. The standard InChI is InChI=1S/C20H25NO4/c1-14-12-16(15(2)25-14)13-21-19(22)20(8-10-24-11-9-20)17-4-6-18(23-3)7-5-17/h4-7,12H,8-11,13H2,1-3H3,(H,21,22). The zero-order chi connectivity index (χ0) is 17.9. The fourth-order valence-corrected chi connectivity index (χ4v) is 3.48. The Morgan fingerprint density at radius 3 is 2.44 bits per heavy atom. The maximum atomic E-state index is 13.1. The van der Waals surface area contributed by atoms with Gasteiger partial charge in [-0.3, -0.25) is 4.79 Å². The number of methoxy groups -OCH3 is 1. The van der Waals surface area contributed by atoms with Gasteiger partial charge in [-0.05, 0) is 50.5 Å². The summed E-state index contributed by atoms with van der Waals surface area (Å²) in [5.41, 5.74) is 1.47. The van der Waals surface area contributed by atoms with Gasteiger partial charge in [0.1, 0.15) is 17.3 Å². The fourth-order valence-electron chi connectivity index (χ4n) is 3.48. The van der Waals surface area contributed by atoms with Gasteiger partial charge in [-0.2, -0.15) is 0 Å². The quantitative estimate of drug-likeness (QED) is 0.905. The molecule has 1 aromatic heterocycles. The molecule has 134 valence electrons. The number of furan rings is 1. The predicted octanol–water partition coefficient (Wildman–Crippen LogP) is 3.27. The van der Waals surface area contributed by atoms with Crippen molar-refractivity contribution in [3.63, 3.8) is 0 Å². The predicted molar refractivity (Wildman–Crippen MR) is 94.8 cm³/mol. The molecular formula is C20H25NO4. The Morgan fingerprint density at radius 2 is 1.88 bits per heavy atom. The molecule has 1 saturated heterocycles. The molecule has 1 amide bonds. The molecule has 5 nitrogen and oxygen atoms in total. The molecule has 3 rings (SSSR count). The van der Waals surface area contributed by atoms with E-state index in [1.807, 2.05) is 44.2 Å². The van der Waals surface area contributed by atoms with Crippen LogP contribution in [-0.4, -0.2) is 26.2 Å². The number of carbonyl (C=O) groups is 1. The fraction of sp³-hybridized carbons (Fsp3) is 0.450. The lowest BCUT2D eigenvalue weighted by molar-refractivity contribution is -0.130. The van der Waals surface area contributed by atoms with Crippen molar-refractivity contribution in [2.45, 2.75) is 38.6 Å². The van der Waals surface area contributed by atoms with Crippen LogP contribution in [0, 0.1) is 13.8 Å². The van der Waals surface area contributed by atoms with E-state index >= 15 is 0 Å². The van der Waals surface area contributed by atoms with E-state index in [1.165, 1.54) is 0 Å². The number of amides is 1. The second kappa shape index (κ2) is 7.31. The third-order valence-corrected chi connectivity index (χ3v) is 5.01. The molecule has 0 aliphatic carbocycles. The summed E-state index contributed by atoms with van der Waals surface area (Å²) in [4.78, 5) is 13.1. The lowest BCUT2D eigenvalue weighted by atomic mass is 9.73. The van der Waals surface area contributed by atoms with Gasteiger partial charge in [0, 0.05) is 25.3 Å². The van der Waals surface area contributed by atoms with Gasteiger partial charge in [0.15, 0.2) is 0 Å². The van der Waals surface area contributed by atoms with E-state index in [9.17, 15) is 4.79 Å². The maximum Gasteiger partial charge on any atom is 0.231 e. The lowest BCUT2D eigenvalue weighted by Crippen LogP contribution is -2.47. The smallest absolute Gasteiger partial charge is 0.231 e.